The Morgan fingerprint density at radius 3 is 1.94 bits per heavy atom. The zero-order valence-corrected chi connectivity index (χ0v) is 33.0. The van der Waals surface area contributed by atoms with Crippen molar-refractivity contribution in [2.75, 3.05) is 12.8 Å². The molecule has 0 fully saturated rings. The Labute approximate surface area is 321 Å². The van der Waals surface area contributed by atoms with Crippen LogP contribution in [0.4, 0.5) is 0 Å². The molecule has 0 aliphatic carbocycles. The molecular weight excluding hydrogens is 692 g/mol. The third kappa shape index (κ3) is 18.9. The molecule has 0 bridgehead atoms. The molecule has 3 aromatic rings. The highest BCUT2D eigenvalue weighted by Gasteiger charge is 2.28. The van der Waals surface area contributed by atoms with E-state index in [0.29, 0.717) is 44.2 Å². The van der Waals surface area contributed by atoms with Crippen molar-refractivity contribution < 1.29 is 38.5 Å². The van der Waals surface area contributed by atoms with E-state index in [2.05, 4.69) is 61.0 Å². The Morgan fingerprint density at radius 2 is 1.43 bits per heavy atom. The number of ketones is 1. The number of nitrogens with two attached hydrogens (primary N) is 1. The first-order chi connectivity index (χ1) is 25.6. The molecule has 53 heavy (non-hydrogen) atoms. The number of nitrogens with one attached hydrogen (secondary N) is 2. The van der Waals surface area contributed by atoms with E-state index in [1.165, 1.54) is 24.1 Å². The number of fused-ring (bicyclic) bond motifs is 2. The van der Waals surface area contributed by atoms with Crippen LogP contribution in [0.15, 0.2) is 72.4 Å². The van der Waals surface area contributed by atoms with Crippen molar-refractivity contribution >= 4 is 62.8 Å². The quantitative estimate of drug-likeness (QED) is 0.0537. The molecule has 0 saturated carbocycles. The maximum absolute atomic E-state index is 11.0. The van der Waals surface area contributed by atoms with Gasteiger partial charge < -0.3 is 35.7 Å². The first kappa shape index (κ1) is 48.8. The van der Waals surface area contributed by atoms with Crippen LogP contribution in [0.2, 0.25) is 0 Å². The van der Waals surface area contributed by atoms with Gasteiger partial charge in [-0.05, 0) is 84.0 Å². The van der Waals surface area contributed by atoms with Gasteiger partial charge in [-0.15, -0.1) is 0 Å². The van der Waals surface area contributed by atoms with Crippen molar-refractivity contribution in [1.82, 2.24) is 10.6 Å². The van der Waals surface area contributed by atoms with E-state index in [4.69, 9.17) is 14.1 Å². The van der Waals surface area contributed by atoms with Gasteiger partial charge in [0.25, 0.3) is 0 Å². The average molecular weight is 750 g/mol. The third-order valence-corrected chi connectivity index (χ3v) is 7.86. The van der Waals surface area contributed by atoms with E-state index in [9.17, 15) is 24.4 Å². The highest BCUT2D eigenvalue weighted by molar-refractivity contribution is 7.79. The summed E-state index contributed by atoms with van der Waals surface area (Å²) in [6.45, 7) is 13.5. The predicted molar refractivity (Wildman–Crippen MR) is 218 cm³/mol. The molecule has 5 rings (SSSR count). The Kier molecular flexibility index (Phi) is 27.0. The lowest BCUT2D eigenvalue weighted by Gasteiger charge is -2.13. The minimum Gasteiger partial charge on any atom is -0.423 e. The minimum absolute atomic E-state index is 0.0699. The van der Waals surface area contributed by atoms with Gasteiger partial charge in [-0.2, -0.15) is 12.6 Å². The molecule has 2 aliphatic rings. The number of hydrogen-bond acceptors (Lipinski definition) is 9. The molecule has 6 N–H and O–H groups in total. The van der Waals surface area contributed by atoms with E-state index < -0.39 is 14.2 Å². The molecule has 1 atom stereocenters. The van der Waals surface area contributed by atoms with Crippen LogP contribution in [-0.4, -0.2) is 62.1 Å². The number of benzene rings is 3. The van der Waals surface area contributed by atoms with Crippen LogP contribution in [0, 0.1) is 6.92 Å². The number of rotatable bonds is 12. The van der Waals surface area contributed by atoms with Gasteiger partial charge in [-0.3, -0.25) is 19.2 Å². The largest absolute Gasteiger partial charge is 0.491 e. The Bertz CT molecular complexity index is 1540. The Balaban J connectivity index is 0.000000718. The smallest absolute Gasteiger partial charge is 0.423 e. The molecule has 2 aliphatic heterocycles. The summed E-state index contributed by atoms with van der Waals surface area (Å²) in [4.78, 5) is 40.1. The van der Waals surface area contributed by atoms with Gasteiger partial charge in [0.1, 0.15) is 0 Å². The van der Waals surface area contributed by atoms with Crippen LogP contribution >= 0.6 is 12.6 Å². The van der Waals surface area contributed by atoms with E-state index in [1.54, 1.807) is 6.26 Å². The van der Waals surface area contributed by atoms with Crippen molar-refractivity contribution in [3.8, 4) is 0 Å². The van der Waals surface area contributed by atoms with Gasteiger partial charge in [0.2, 0.25) is 19.2 Å². The van der Waals surface area contributed by atoms with Crippen LogP contribution in [0.5, 0.6) is 0 Å². The van der Waals surface area contributed by atoms with E-state index in [-0.39, 0.29) is 12.2 Å². The second-order valence-corrected chi connectivity index (χ2v) is 11.6. The Morgan fingerprint density at radius 1 is 0.906 bits per heavy atom. The normalized spacial score (nSPS) is 12.4. The molecule has 0 aromatic heterocycles. The number of thiol groups is 1. The van der Waals surface area contributed by atoms with Gasteiger partial charge in [0.05, 0.1) is 13.2 Å². The summed E-state index contributed by atoms with van der Waals surface area (Å²) in [6.07, 6.45) is 8.24. The lowest BCUT2D eigenvalue weighted by atomic mass is 9.77. The monoisotopic (exact) mass is 749 g/mol. The van der Waals surface area contributed by atoms with E-state index >= 15 is 0 Å². The first-order valence-corrected chi connectivity index (χ1v) is 18.5. The zero-order chi connectivity index (χ0) is 40.2. The van der Waals surface area contributed by atoms with Crippen LogP contribution in [-0.2, 0) is 54.5 Å². The number of allylic oxidation sites excluding steroid dienone is 2. The molecule has 11 nitrogen and oxygen atoms in total. The summed E-state index contributed by atoms with van der Waals surface area (Å²) in [7, 11) is -1.48. The topological polar surface area (TPSA) is 177 Å². The summed E-state index contributed by atoms with van der Waals surface area (Å²) >= 11 is 3.53. The van der Waals surface area contributed by atoms with Crippen molar-refractivity contribution in [2.24, 2.45) is 5.73 Å². The lowest BCUT2D eigenvalue weighted by Crippen LogP contribution is -2.28. The second kappa shape index (κ2) is 29.3. The number of primary amides is 1. The van der Waals surface area contributed by atoms with Gasteiger partial charge in [0, 0.05) is 24.7 Å². The molecule has 0 spiro atoms. The Hall–Kier alpha value is -4.20. The summed E-state index contributed by atoms with van der Waals surface area (Å²) in [5, 5.41) is 24.2. The van der Waals surface area contributed by atoms with Crippen molar-refractivity contribution in [2.45, 2.75) is 86.4 Å². The van der Waals surface area contributed by atoms with Crippen molar-refractivity contribution in [3.05, 3.63) is 106 Å². The number of aryl methyl sites for hydroxylation is 2. The van der Waals surface area contributed by atoms with E-state index in [1.807, 2.05) is 63.2 Å². The van der Waals surface area contributed by atoms with Gasteiger partial charge in [-0.1, -0.05) is 93.9 Å². The fourth-order valence-electron chi connectivity index (χ4n) is 5.19. The summed E-state index contributed by atoms with van der Waals surface area (Å²) in [5.41, 5.74) is 13.5. The molecule has 14 heteroatoms. The number of hydrogen-bond donors (Lipinski definition) is 6. The fraction of sp³-hybridized carbons (Fsp3) is 0.385. The highest BCUT2D eigenvalue weighted by Crippen LogP contribution is 2.22. The number of carbonyl (C=O) groups excluding carboxylic acids is 4. The molecular formula is C39H57B2N3O8S. The van der Waals surface area contributed by atoms with Crippen LogP contribution < -0.4 is 27.3 Å². The standard InChI is InChI=1S/C14H17NO2.C13H18BNO3.C8H9BO2.C2H6.CH3NO.CH4S/c1-3-12-4-6-13(7-5-12)9-14(15-10-16)8-11(2)17;1-10(3-2-6-15-9-16)11-4-5-12-8-18-14(17)13(12)7-11;1-6-2-3-7-5-11-9(10)8(7)4-6;1-2;2-1-3;1-2/h4-8,10H,3,9H2,1-2H3,(H,15,16);4-5,7,9-10,17H,2-3,6,8H2,1H3,(H,15,16);2-4,10H,5H2,1H3;1-2H3;1H,(H2,2,3);2H,1H3/b14-8+;;;;;. The zero-order valence-electron chi connectivity index (χ0n) is 32.1. The summed E-state index contributed by atoms with van der Waals surface area (Å²) < 4.78 is 10.2. The molecule has 3 amide bonds. The second-order valence-electron chi connectivity index (χ2n) is 11.6. The van der Waals surface area contributed by atoms with Crippen molar-refractivity contribution in [1.29, 1.82) is 0 Å². The molecule has 1 unspecified atom stereocenters. The SMILES string of the molecule is CC.CC(CCCNC=O)c1ccc2c(c1)B(O)OC2.CCc1ccc(C/C(=C\C(C)=O)NC=O)cc1.CS.Cc1ccc2c(c1)B(O)OC2.NC=O. The molecule has 0 saturated heterocycles. The average Bonchev–Trinajstić information content (AvgIpc) is 3.73. The predicted octanol–water partition coefficient (Wildman–Crippen LogP) is 3.43. The maximum atomic E-state index is 11.0. The van der Waals surface area contributed by atoms with Gasteiger partial charge in [-0.25, -0.2) is 0 Å². The van der Waals surface area contributed by atoms with Crippen LogP contribution in [0.1, 0.15) is 86.8 Å². The van der Waals surface area contributed by atoms with Crippen molar-refractivity contribution in [3.63, 3.8) is 0 Å². The lowest BCUT2D eigenvalue weighted by molar-refractivity contribution is -0.113. The highest BCUT2D eigenvalue weighted by atomic mass is 32.1. The minimum atomic E-state index is -0.774. The van der Waals surface area contributed by atoms with Gasteiger partial charge >= 0.3 is 14.2 Å². The molecule has 0 radical (unpaired) electrons. The number of carbonyl (C=O) groups is 4. The summed E-state index contributed by atoms with van der Waals surface area (Å²) in [5.74, 6) is 0.344. The molecule has 2 heterocycles. The fourth-order valence-corrected chi connectivity index (χ4v) is 5.19. The van der Waals surface area contributed by atoms with Gasteiger partial charge in [0.15, 0.2) is 5.78 Å². The molecule has 3 aromatic carbocycles. The van der Waals surface area contributed by atoms with E-state index in [0.717, 1.165) is 58.9 Å². The maximum Gasteiger partial charge on any atom is 0.491 e. The summed E-state index contributed by atoms with van der Waals surface area (Å²) in [6, 6.07) is 20.3. The van der Waals surface area contributed by atoms with Crippen LogP contribution in [0.3, 0.4) is 0 Å². The first-order valence-electron chi connectivity index (χ1n) is 17.6. The van der Waals surface area contributed by atoms with Crippen LogP contribution in [0.25, 0.3) is 0 Å². The number of amides is 3. The third-order valence-electron chi connectivity index (χ3n) is 7.86. The molecule has 288 valence electrons.